The molecule has 3 N–H and O–H groups in total. The molecule has 3 nitrogen and oxygen atoms in total. The molecule has 1 rings (SSSR count). The molecule has 0 aliphatic heterocycles. The van der Waals surface area contributed by atoms with E-state index >= 15 is 0 Å². The molecule has 0 aromatic heterocycles. The summed E-state index contributed by atoms with van der Waals surface area (Å²) in [5, 5.41) is 17.8. The summed E-state index contributed by atoms with van der Waals surface area (Å²) < 4.78 is 0. The predicted molar refractivity (Wildman–Crippen MR) is 50.0 cm³/mol. The second kappa shape index (κ2) is 4.48. The molecule has 0 radical (unpaired) electrons. The number of aromatic hydroxyl groups is 1. The standard InChI is InChI=1S/C10H12N2O/c11-7-9(12)6-5-8-3-1-2-4-10(8)13/h1-4,9,13H,5-6,12H2. The number of aryl methyl sites for hydroxylation is 1. The number of rotatable bonds is 3. The second-order valence-electron chi connectivity index (χ2n) is 2.90. The van der Waals surface area contributed by atoms with E-state index in [1.54, 1.807) is 12.1 Å². The van der Waals surface area contributed by atoms with Crippen LogP contribution in [0.25, 0.3) is 0 Å². The summed E-state index contributed by atoms with van der Waals surface area (Å²) in [5.41, 5.74) is 6.27. The van der Waals surface area contributed by atoms with Gasteiger partial charge in [-0.1, -0.05) is 18.2 Å². The Bertz CT molecular complexity index is 317. The van der Waals surface area contributed by atoms with Crippen molar-refractivity contribution in [2.75, 3.05) is 0 Å². The molecule has 0 spiro atoms. The number of hydrogen-bond acceptors (Lipinski definition) is 3. The number of nitriles is 1. The van der Waals surface area contributed by atoms with Crippen molar-refractivity contribution in [2.45, 2.75) is 18.9 Å². The lowest BCUT2D eigenvalue weighted by molar-refractivity contribution is 0.466. The van der Waals surface area contributed by atoms with Crippen LogP contribution in [0.2, 0.25) is 0 Å². The van der Waals surface area contributed by atoms with Crippen LogP contribution in [0, 0.1) is 11.3 Å². The summed E-state index contributed by atoms with van der Waals surface area (Å²) in [4.78, 5) is 0. The summed E-state index contributed by atoms with van der Waals surface area (Å²) >= 11 is 0. The van der Waals surface area contributed by atoms with Crippen molar-refractivity contribution >= 4 is 0 Å². The first-order chi connectivity index (χ1) is 6.24. The smallest absolute Gasteiger partial charge is 0.118 e. The molecule has 0 saturated carbocycles. The van der Waals surface area contributed by atoms with E-state index in [1.165, 1.54) is 0 Å². The SMILES string of the molecule is N#CC(N)CCc1ccccc1O. The van der Waals surface area contributed by atoms with Crippen molar-refractivity contribution in [1.29, 1.82) is 5.26 Å². The maximum Gasteiger partial charge on any atom is 0.118 e. The Kier molecular flexibility index (Phi) is 3.30. The Morgan fingerprint density at radius 3 is 2.77 bits per heavy atom. The van der Waals surface area contributed by atoms with Crippen molar-refractivity contribution in [3.63, 3.8) is 0 Å². The fraction of sp³-hybridized carbons (Fsp3) is 0.300. The minimum absolute atomic E-state index is 0.271. The minimum Gasteiger partial charge on any atom is -0.508 e. The molecule has 13 heavy (non-hydrogen) atoms. The molecule has 1 aromatic rings. The molecule has 0 fully saturated rings. The largest absolute Gasteiger partial charge is 0.508 e. The fourth-order valence-corrected chi connectivity index (χ4v) is 1.10. The van der Waals surface area contributed by atoms with Crippen LogP contribution in [0.4, 0.5) is 0 Å². The van der Waals surface area contributed by atoms with E-state index in [0.717, 1.165) is 5.56 Å². The van der Waals surface area contributed by atoms with Crippen molar-refractivity contribution in [1.82, 2.24) is 0 Å². The average Bonchev–Trinajstić information content (AvgIpc) is 2.16. The summed E-state index contributed by atoms with van der Waals surface area (Å²) in [6.07, 6.45) is 1.22. The maximum atomic E-state index is 9.37. The molecule has 68 valence electrons. The molecule has 3 heteroatoms. The van der Waals surface area contributed by atoms with Crippen molar-refractivity contribution < 1.29 is 5.11 Å². The predicted octanol–water partition coefficient (Wildman–Crippen LogP) is 1.18. The molecule has 0 saturated heterocycles. The highest BCUT2D eigenvalue weighted by Gasteiger charge is 2.03. The first-order valence-electron chi connectivity index (χ1n) is 4.16. The summed E-state index contributed by atoms with van der Waals surface area (Å²) in [6.45, 7) is 0. The zero-order chi connectivity index (χ0) is 9.68. The number of phenols is 1. The molecule has 0 bridgehead atoms. The number of phenolic OH excluding ortho intramolecular Hbond substituents is 1. The van der Waals surface area contributed by atoms with Crippen LogP contribution >= 0.6 is 0 Å². The quantitative estimate of drug-likeness (QED) is 0.726. The summed E-state index contributed by atoms with van der Waals surface area (Å²) in [7, 11) is 0. The van der Waals surface area contributed by atoms with Gasteiger partial charge in [0.15, 0.2) is 0 Å². The fourth-order valence-electron chi connectivity index (χ4n) is 1.10. The Morgan fingerprint density at radius 1 is 1.46 bits per heavy atom. The van der Waals surface area contributed by atoms with Crippen LogP contribution in [0.3, 0.4) is 0 Å². The van der Waals surface area contributed by atoms with E-state index in [9.17, 15) is 5.11 Å². The van der Waals surface area contributed by atoms with E-state index < -0.39 is 6.04 Å². The Morgan fingerprint density at radius 2 is 2.15 bits per heavy atom. The first kappa shape index (κ1) is 9.56. The van der Waals surface area contributed by atoms with Crippen LogP contribution in [-0.4, -0.2) is 11.1 Å². The van der Waals surface area contributed by atoms with E-state index in [2.05, 4.69) is 0 Å². The van der Waals surface area contributed by atoms with Crippen LogP contribution in [-0.2, 0) is 6.42 Å². The average molecular weight is 176 g/mol. The van der Waals surface area contributed by atoms with E-state index in [4.69, 9.17) is 11.0 Å². The lowest BCUT2D eigenvalue weighted by Crippen LogP contribution is -2.17. The zero-order valence-electron chi connectivity index (χ0n) is 7.27. The Balaban J connectivity index is 2.56. The van der Waals surface area contributed by atoms with Gasteiger partial charge >= 0.3 is 0 Å². The molecule has 0 aliphatic carbocycles. The molecular formula is C10H12N2O. The van der Waals surface area contributed by atoms with Gasteiger partial charge in [-0.05, 0) is 24.5 Å². The van der Waals surface area contributed by atoms with Gasteiger partial charge in [0.2, 0.25) is 0 Å². The lowest BCUT2D eigenvalue weighted by Gasteiger charge is -2.04. The van der Waals surface area contributed by atoms with Gasteiger partial charge in [-0.3, -0.25) is 0 Å². The topological polar surface area (TPSA) is 70.0 Å². The van der Waals surface area contributed by atoms with Gasteiger partial charge in [0.1, 0.15) is 5.75 Å². The van der Waals surface area contributed by atoms with E-state index in [1.807, 2.05) is 18.2 Å². The third kappa shape index (κ3) is 2.77. The van der Waals surface area contributed by atoms with Crippen LogP contribution < -0.4 is 5.73 Å². The van der Waals surface area contributed by atoms with E-state index in [0.29, 0.717) is 12.8 Å². The second-order valence-corrected chi connectivity index (χ2v) is 2.90. The number of nitrogens with two attached hydrogens (primary N) is 1. The van der Waals surface area contributed by atoms with Crippen LogP contribution in [0.15, 0.2) is 24.3 Å². The monoisotopic (exact) mass is 176 g/mol. The molecule has 1 atom stereocenters. The van der Waals surface area contributed by atoms with Gasteiger partial charge in [-0.15, -0.1) is 0 Å². The van der Waals surface area contributed by atoms with E-state index in [-0.39, 0.29) is 5.75 Å². The molecule has 1 aromatic carbocycles. The first-order valence-corrected chi connectivity index (χ1v) is 4.16. The van der Waals surface area contributed by atoms with Crippen LogP contribution in [0.5, 0.6) is 5.75 Å². The van der Waals surface area contributed by atoms with Gasteiger partial charge < -0.3 is 10.8 Å². The Hall–Kier alpha value is -1.53. The molecule has 0 heterocycles. The van der Waals surface area contributed by atoms with Gasteiger partial charge in [-0.2, -0.15) is 5.26 Å². The molecule has 1 unspecified atom stereocenters. The molecule has 0 amide bonds. The normalized spacial score (nSPS) is 12.0. The third-order valence-electron chi connectivity index (χ3n) is 1.88. The minimum atomic E-state index is -0.445. The summed E-state index contributed by atoms with van der Waals surface area (Å²) in [5.74, 6) is 0.271. The Labute approximate surface area is 77.4 Å². The highest BCUT2D eigenvalue weighted by molar-refractivity contribution is 5.31. The lowest BCUT2D eigenvalue weighted by atomic mass is 10.1. The molecular weight excluding hydrogens is 164 g/mol. The highest BCUT2D eigenvalue weighted by atomic mass is 16.3. The highest BCUT2D eigenvalue weighted by Crippen LogP contribution is 2.17. The number of hydrogen-bond donors (Lipinski definition) is 2. The number of para-hydroxylation sites is 1. The molecule has 0 aliphatic rings. The maximum absolute atomic E-state index is 9.37. The van der Waals surface area contributed by atoms with Gasteiger partial charge in [-0.25, -0.2) is 0 Å². The zero-order valence-corrected chi connectivity index (χ0v) is 7.27. The third-order valence-corrected chi connectivity index (χ3v) is 1.88. The number of nitrogens with zero attached hydrogens (tertiary/aromatic N) is 1. The van der Waals surface area contributed by atoms with Gasteiger partial charge in [0.25, 0.3) is 0 Å². The van der Waals surface area contributed by atoms with Crippen LogP contribution in [0.1, 0.15) is 12.0 Å². The van der Waals surface area contributed by atoms with Crippen molar-refractivity contribution in [2.24, 2.45) is 5.73 Å². The van der Waals surface area contributed by atoms with Crippen molar-refractivity contribution in [3.8, 4) is 11.8 Å². The number of benzene rings is 1. The van der Waals surface area contributed by atoms with Crippen molar-refractivity contribution in [3.05, 3.63) is 29.8 Å². The van der Waals surface area contributed by atoms with Gasteiger partial charge in [0.05, 0.1) is 12.1 Å². The summed E-state index contributed by atoms with van der Waals surface area (Å²) in [6, 6.07) is 8.59. The van der Waals surface area contributed by atoms with Gasteiger partial charge in [0, 0.05) is 0 Å².